The van der Waals surface area contributed by atoms with Gasteiger partial charge in [-0.2, -0.15) is 0 Å². The quantitative estimate of drug-likeness (QED) is 0.787. The molecule has 1 heterocycles. The second kappa shape index (κ2) is 5.14. The van der Waals surface area contributed by atoms with Gasteiger partial charge >= 0.3 is 0 Å². The third kappa shape index (κ3) is 2.29. The molecule has 1 aromatic rings. The van der Waals surface area contributed by atoms with Crippen LogP contribution >= 0.6 is 11.8 Å². The van der Waals surface area contributed by atoms with Gasteiger partial charge in [0.05, 0.1) is 10.9 Å². The van der Waals surface area contributed by atoms with E-state index in [4.69, 9.17) is 0 Å². The van der Waals surface area contributed by atoms with Gasteiger partial charge in [-0.1, -0.05) is 19.1 Å². The number of imide groups is 1. The summed E-state index contributed by atoms with van der Waals surface area (Å²) in [6.07, 6.45) is 0.324. The molecule has 0 spiro atoms. The number of nitrogens with zero attached hydrogens (tertiary/aromatic N) is 1. The summed E-state index contributed by atoms with van der Waals surface area (Å²) in [6.45, 7) is 5.89. The Morgan fingerprint density at radius 2 is 2.06 bits per heavy atom. The summed E-state index contributed by atoms with van der Waals surface area (Å²) in [5, 5.41) is -0.206. The second-order valence-electron chi connectivity index (χ2n) is 4.51. The van der Waals surface area contributed by atoms with E-state index in [0.29, 0.717) is 6.42 Å². The molecule has 2 amide bonds. The number of anilines is 1. The van der Waals surface area contributed by atoms with Crippen molar-refractivity contribution in [2.45, 2.75) is 32.4 Å². The molecule has 96 valence electrons. The van der Waals surface area contributed by atoms with Gasteiger partial charge in [0.2, 0.25) is 11.8 Å². The normalized spacial score (nSPS) is 19.7. The SMILES string of the molecule is CCS[C@@H]1CC(=O)N(c2cc(C)ccc2C)C1=O. The van der Waals surface area contributed by atoms with Crippen molar-refractivity contribution >= 4 is 29.3 Å². The van der Waals surface area contributed by atoms with E-state index in [0.717, 1.165) is 22.6 Å². The monoisotopic (exact) mass is 263 g/mol. The highest BCUT2D eigenvalue weighted by Gasteiger charge is 2.39. The van der Waals surface area contributed by atoms with Crippen molar-refractivity contribution in [2.24, 2.45) is 0 Å². The topological polar surface area (TPSA) is 37.4 Å². The average Bonchev–Trinajstić information content (AvgIpc) is 2.59. The lowest BCUT2D eigenvalue weighted by Gasteiger charge is -2.17. The molecular weight excluding hydrogens is 246 g/mol. The third-order valence-corrected chi connectivity index (χ3v) is 4.18. The minimum atomic E-state index is -0.206. The summed E-state index contributed by atoms with van der Waals surface area (Å²) >= 11 is 1.55. The zero-order chi connectivity index (χ0) is 13.3. The van der Waals surface area contributed by atoms with Crippen LogP contribution in [-0.4, -0.2) is 22.8 Å². The maximum atomic E-state index is 12.3. The van der Waals surface area contributed by atoms with Crippen LogP contribution in [0.4, 0.5) is 5.69 Å². The number of hydrogen-bond donors (Lipinski definition) is 0. The first kappa shape index (κ1) is 13.1. The van der Waals surface area contributed by atoms with Crippen molar-refractivity contribution < 1.29 is 9.59 Å². The summed E-state index contributed by atoms with van der Waals surface area (Å²) in [6, 6.07) is 5.85. The first-order valence-corrected chi connectivity index (χ1v) is 7.15. The van der Waals surface area contributed by atoms with Gasteiger partial charge in [-0.25, -0.2) is 4.90 Å². The van der Waals surface area contributed by atoms with Gasteiger partial charge in [0.25, 0.3) is 0 Å². The number of hydrogen-bond acceptors (Lipinski definition) is 3. The van der Waals surface area contributed by atoms with Crippen LogP contribution in [0.15, 0.2) is 18.2 Å². The number of aryl methyl sites for hydroxylation is 2. The Hall–Kier alpha value is -1.29. The van der Waals surface area contributed by atoms with Crippen LogP contribution in [0.25, 0.3) is 0 Å². The van der Waals surface area contributed by atoms with Crippen LogP contribution in [0.2, 0.25) is 0 Å². The molecule has 0 N–H and O–H groups in total. The lowest BCUT2D eigenvalue weighted by Crippen LogP contribution is -2.31. The van der Waals surface area contributed by atoms with Crippen LogP contribution < -0.4 is 4.90 Å². The molecule has 0 radical (unpaired) electrons. The van der Waals surface area contributed by atoms with Crippen LogP contribution in [0.5, 0.6) is 0 Å². The standard InChI is InChI=1S/C14H17NO2S/c1-4-18-12-8-13(16)15(14(12)17)11-7-9(2)5-6-10(11)3/h5-7,12H,4,8H2,1-3H3/t12-/m1/s1. The van der Waals surface area contributed by atoms with E-state index in [2.05, 4.69) is 0 Å². The van der Waals surface area contributed by atoms with E-state index >= 15 is 0 Å². The number of rotatable bonds is 3. The number of thioether (sulfide) groups is 1. The first-order chi connectivity index (χ1) is 8.54. The highest BCUT2D eigenvalue weighted by Crippen LogP contribution is 2.31. The molecule has 0 aromatic heterocycles. The van der Waals surface area contributed by atoms with Gasteiger partial charge in [0, 0.05) is 6.42 Å². The lowest BCUT2D eigenvalue weighted by molar-refractivity contribution is -0.121. The zero-order valence-corrected chi connectivity index (χ0v) is 11.7. The van der Waals surface area contributed by atoms with Gasteiger partial charge in [0.1, 0.15) is 0 Å². The smallest absolute Gasteiger partial charge is 0.247 e. The Labute approximate surface area is 112 Å². The third-order valence-electron chi connectivity index (χ3n) is 3.08. The Morgan fingerprint density at radius 3 is 2.72 bits per heavy atom. The van der Waals surface area contributed by atoms with Crippen molar-refractivity contribution in [3.05, 3.63) is 29.3 Å². The average molecular weight is 263 g/mol. The molecule has 1 saturated heterocycles. The van der Waals surface area contributed by atoms with E-state index < -0.39 is 0 Å². The van der Waals surface area contributed by atoms with Gasteiger partial charge in [-0.15, -0.1) is 11.8 Å². The largest absolute Gasteiger partial charge is 0.274 e. The molecule has 4 heteroatoms. The van der Waals surface area contributed by atoms with E-state index in [1.807, 2.05) is 39.0 Å². The fraction of sp³-hybridized carbons (Fsp3) is 0.429. The summed E-state index contributed by atoms with van der Waals surface area (Å²) in [4.78, 5) is 25.6. The Bertz CT molecular complexity index is 499. The summed E-state index contributed by atoms with van der Waals surface area (Å²) < 4.78 is 0. The van der Waals surface area contributed by atoms with Crippen molar-refractivity contribution in [1.82, 2.24) is 0 Å². The molecule has 3 nitrogen and oxygen atoms in total. The van der Waals surface area contributed by atoms with Crippen LogP contribution in [0, 0.1) is 13.8 Å². The molecule has 0 unspecified atom stereocenters. The van der Waals surface area contributed by atoms with E-state index in [-0.39, 0.29) is 17.1 Å². The van der Waals surface area contributed by atoms with Gasteiger partial charge in [-0.05, 0) is 36.8 Å². The summed E-state index contributed by atoms with van der Waals surface area (Å²) in [5.41, 5.74) is 2.76. The molecule has 18 heavy (non-hydrogen) atoms. The van der Waals surface area contributed by atoms with Gasteiger partial charge in [-0.3, -0.25) is 9.59 Å². The van der Waals surface area contributed by atoms with Crippen molar-refractivity contribution in [3.63, 3.8) is 0 Å². The number of carbonyl (C=O) groups excluding carboxylic acids is 2. The number of carbonyl (C=O) groups is 2. The molecule has 0 saturated carbocycles. The predicted molar refractivity (Wildman–Crippen MR) is 74.9 cm³/mol. The first-order valence-electron chi connectivity index (χ1n) is 6.10. The maximum Gasteiger partial charge on any atom is 0.247 e. The lowest BCUT2D eigenvalue weighted by atomic mass is 10.1. The Kier molecular flexibility index (Phi) is 3.76. The van der Waals surface area contributed by atoms with Crippen LogP contribution in [-0.2, 0) is 9.59 Å². The van der Waals surface area contributed by atoms with E-state index in [1.54, 1.807) is 11.8 Å². The molecule has 1 fully saturated rings. The molecular formula is C14H17NO2S. The zero-order valence-electron chi connectivity index (χ0n) is 10.9. The molecule has 1 aliphatic rings. The molecule has 0 aliphatic carbocycles. The fourth-order valence-corrected chi connectivity index (χ4v) is 3.06. The van der Waals surface area contributed by atoms with Gasteiger partial charge in [0.15, 0.2) is 0 Å². The molecule has 2 rings (SSSR count). The Morgan fingerprint density at radius 1 is 1.33 bits per heavy atom. The number of amides is 2. The minimum absolute atomic E-state index is 0.0689. The predicted octanol–water partition coefficient (Wildman–Crippen LogP) is 2.69. The fourth-order valence-electron chi connectivity index (χ4n) is 2.15. The van der Waals surface area contributed by atoms with Crippen molar-refractivity contribution in [1.29, 1.82) is 0 Å². The second-order valence-corrected chi connectivity index (χ2v) is 5.99. The molecule has 1 atom stereocenters. The van der Waals surface area contributed by atoms with E-state index in [1.165, 1.54) is 4.90 Å². The highest BCUT2D eigenvalue weighted by atomic mass is 32.2. The van der Waals surface area contributed by atoms with Gasteiger partial charge < -0.3 is 0 Å². The summed E-state index contributed by atoms with van der Waals surface area (Å²) in [5.74, 6) is 0.699. The van der Waals surface area contributed by atoms with Crippen LogP contribution in [0.3, 0.4) is 0 Å². The van der Waals surface area contributed by atoms with Crippen molar-refractivity contribution in [2.75, 3.05) is 10.7 Å². The Balaban J connectivity index is 2.36. The molecule has 0 bridgehead atoms. The molecule has 1 aromatic carbocycles. The number of benzene rings is 1. The van der Waals surface area contributed by atoms with Crippen LogP contribution in [0.1, 0.15) is 24.5 Å². The van der Waals surface area contributed by atoms with E-state index in [9.17, 15) is 9.59 Å². The minimum Gasteiger partial charge on any atom is -0.274 e. The summed E-state index contributed by atoms with van der Waals surface area (Å²) in [7, 11) is 0. The maximum absolute atomic E-state index is 12.3. The molecule has 1 aliphatic heterocycles. The highest BCUT2D eigenvalue weighted by molar-refractivity contribution is 8.00. The van der Waals surface area contributed by atoms with Crippen molar-refractivity contribution in [3.8, 4) is 0 Å².